The zero-order chi connectivity index (χ0) is 24.3. The molecule has 0 saturated carbocycles. The lowest BCUT2D eigenvalue weighted by molar-refractivity contribution is -0.121. The average molecular weight is 492 g/mol. The molecule has 3 aromatic carbocycles. The van der Waals surface area contributed by atoms with Gasteiger partial charge in [-0.2, -0.15) is 4.31 Å². The smallest absolute Gasteiger partial charge is 0.241 e. The van der Waals surface area contributed by atoms with Gasteiger partial charge in [-0.05, 0) is 23.3 Å². The van der Waals surface area contributed by atoms with Gasteiger partial charge in [-0.15, -0.1) is 0 Å². The number of sulfonamides is 1. The van der Waals surface area contributed by atoms with Crippen molar-refractivity contribution in [3.05, 3.63) is 96.1 Å². The third-order valence-electron chi connectivity index (χ3n) is 6.56. The number of carbonyl (C=O) groups is 1. The lowest BCUT2D eigenvalue weighted by Crippen LogP contribution is -2.52. The predicted octanol–water partition coefficient (Wildman–Crippen LogP) is 3.30. The molecule has 8 heteroatoms. The number of amides is 1. The van der Waals surface area contributed by atoms with Gasteiger partial charge in [-0.25, -0.2) is 8.42 Å². The second-order valence-electron chi connectivity index (χ2n) is 8.89. The average Bonchev–Trinajstić information content (AvgIpc) is 2.89. The SMILES string of the molecule is O=C(CN1CCN(S(=O)(=O)Cc2ccccc2)CC1)N1c2ccccc2OCC1c1ccccc1. The van der Waals surface area contributed by atoms with Crippen molar-refractivity contribution in [3.8, 4) is 5.75 Å². The number of nitrogens with zero attached hydrogens (tertiary/aromatic N) is 3. The highest BCUT2D eigenvalue weighted by atomic mass is 32.2. The standard InChI is InChI=1S/C27H29N3O4S/c31-27(19-28-15-17-29(18-16-28)35(32,33)21-22-9-3-1-4-10-22)30-24-13-7-8-14-26(24)34-20-25(30)23-11-5-2-6-12-23/h1-14,25H,15-21H2. The first-order valence-electron chi connectivity index (χ1n) is 11.8. The van der Waals surface area contributed by atoms with Crippen LogP contribution in [0.15, 0.2) is 84.9 Å². The third-order valence-corrected chi connectivity index (χ3v) is 8.41. The summed E-state index contributed by atoms with van der Waals surface area (Å²) >= 11 is 0. The fraction of sp³-hybridized carbons (Fsp3) is 0.296. The first-order chi connectivity index (χ1) is 17.0. The van der Waals surface area contributed by atoms with Crippen LogP contribution >= 0.6 is 0 Å². The largest absolute Gasteiger partial charge is 0.489 e. The first kappa shape index (κ1) is 23.5. The normalized spacial score (nSPS) is 19.1. The van der Waals surface area contributed by atoms with Crippen molar-refractivity contribution in [2.24, 2.45) is 0 Å². The van der Waals surface area contributed by atoms with Crippen LogP contribution in [0.1, 0.15) is 17.2 Å². The number of carbonyl (C=O) groups excluding carboxylic acids is 1. The van der Waals surface area contributed by atoms with Gasteiger partial charge in [0, 0.05) is 26.2 Å². The summed E-state index contributed by atoms with van der Waals surface area (Å²) in [7, 11) is -3.40. The summed E-state index contributed by atoms with van der Waals surface area (Å²) in [5.41, 5.74) is 2.57. The van der Waals surface area contributed by atoms with Crippen LogP contribution in [0, 0.1) is 0 Å². The van der Waals surface area contributed by atoms with E-state index >= 15 is 0 Å². The summed E-state index contributed by atoms with van der Waals surface area (Å²) < 4.78 is 33.3. The van der Waals surface area contributed by atoms with Crippen LogP contribution < -0.4 is 9.64 Å². The van der Waals surface area contributed by atoms with Crippen molar-refractivity contribution in [3.63, 3.8) is 0 Å². The summed E-state index contributed by atoms with van der Waals surface area (Å²) in [6.45, 7) is 2.40. The van der Waals surface area contributed by atoms with E-state index in [1.807, 2.05) is 94.7 Å². The molecular formula is C27H29N3O4S. The Morgan fingerprint density at radius 3 is 2.17 bits per heavy atom. The summed E-state index contributed by atoms with van der Waals surface area (Å²) in [4.78, 5) is 17.5. The topological polar surface area (TPSA) is 70.2 Å². The molecular weight excluding hydrogens is 462 g/mol. The Bertz CT molecular complexity index is 1260. The van der Waals surface area contributed by atoms with E-state index in [9.17, 15) is 13.2 Å². The molecule has 0 aliphatic carbocycles. The number of ether oxygens (including phenoxy) is 1. The fourth-order valence-corrected chi connectivity index (χ4v) is 6.24. The Kier molecular flexibility index (Phi) is 6.86. The maximum atomic E-state index is 13.6. The molecule has 0 radical (unpaired) electrons. The Labute approximate surface area is 206 Å². The first-order valence-corrected chi connectivity index (χ1v) is 13.4. The molecule has 0 aromatic heterocycles. The summed E-state index contributed by atoms with van der Waals surface area (Å²) in [6, 6.07) is 26.5. The molecule has 1 fully saturated rings. The maximum Gasteiger partial charge on any atom is 0.241 e. The number of hydrogen-bond acceptors (Lipinski definition) is 5. The quantitative estimate of drug-likeness (QED) is 0.529. The van der Waals surface area contributed by atoms with E-state index in [2.05, 4.69) is 0 Å². The van der Waals surface area contributed by atoms with Crippen LogP contribution in [-0.4, -0.2) is 62.9 Å². The van der Waals surface area contributed by atoms with Crippen molar-refractivity contribution < 1.29 is 17.9 Å². The lowest BCUT2D eigenvalue weighted by atomic mass is 10.0. The minimum absolute atomic E-state index is 0.00388. The Balaban J connectivity index is 1.27. The van der Waals surface area contributed by atoms with Gasteiger partial charge >= 0.3 is 0 Å². The van der Waals surface area contributed by atoms with Crippen molar-refractivity contribution in [2.75, 3.05) is 44.2 Å². The van der Waals surface area contributed by atoms with Gasteiger partial charge in [0.05, 0.1) is 24.0 Å². The molecule has 35 heavy (non-hydrogen) atoms. The van der Waals surface area contributed by atoms with Crippen LogP contribution in [0.4, 0.5) is 5.69 Å². The van der Waals surface area contributed by atoms with Gasteiger partial charge in [0.15, 0.2) is 0 Å². The highest BCUT2D eigenvalue weighted by Crippen LogP contribution is 2.39. The van der Waals surface area contributed by atoms with Crippen molar-refractivity contribution in [1.29, 1.82) is 0 Å². The third kappa shape index (κ3) is 5.24. The van der Waals surface area contributed by atoms with E-state index in [4.69, 9.17) is 4.74 Å². The zero-order valence-corrected chi connectivity index (χ0v) is 20.3. The number of para-hydroxylation sites is 2. The van der Waals surface area contributed by atoms with Crippen LogP contribution in [-0.2, 0) is 20.6 Å². The van der Waals surface area contributed by atoms with Gasteiger partial charge in [0.1, 0.15) is 12.4 Å². The van der Waals surface area contributed by atoms with E-state index in [0.29, 0.717) is 38.5 Å². The lowest BCUT2D eigenvalue weighted by Gasteiger charge is -2.39. The monoisotopic (exact) mass is 491 g/mol. The molecule has 5 rings (SSSR count). The molecule has 7 nitrogen and oxygen atoms in total. The van der Waals surface area contributed by atoms with Crippen molar-refractivity contribution in [1.82, 2.24) is 9.21 Å². The van der Waals surface area contributed by atoms with Crippen LogP contribution in [0.25, 0.3) is 0 Å². The van der Waals surface area contributed by atoms with Crippen LogP contribution in [0.5, 0.6) is 5.75 Å². The Morgan fingerprint density at radius 2 is 1.46 bits per heavy atom. The highest BCUT2D eigenvalue weighted by Gasteiger charge is 2.35. The predicted molar refractivity (Wildman–Crippen MR) is 136 cm³/mol. The number of fused-ring (bicyclic) bond motifs is 1. The molecule has 2 heterocycles. The number of hydrogen-bond donors (Lipinski definition) is 0. The summed E-state index contributed by atoms with van der Waals surface area (Å²) in [5.74, 6) is 0.677. The Hall–Kier alpha value is -3.20. The van der Waals surface area contributed by atoms with Crippen LogP contribution in [0.2, 0.25) is 0 Å². The maximum absolute atomic E-state index is 13.6. The van der Waals surface area contributed by atoms with E-state index in [-0.39, 0.29) is 24.2 Å². The van der Waals surface area contributed by atoms with Crippen molar-refractivity contribution in [2.45, 2.75) is 11.8 Å². The summed E-state index contributed by atoms with van der Waals surface area (Å²) in [6.07, 6.45) is 0. The van der Waals surface area contributed by atoms with Crippen molar-refractivity contribution >= 4 is 21.6 Å². The number of benzene rings is 3. The molecule has 1 atom stereocenters. The molecule has 0 N–H and O–H groups in total. The summed E-state index contributed by atoms with van der Waals surface area (Å²) in [5, 5.41) is 0. The molecule has 1 amide bonds. The molecule has 182 valence electrons. The highest BCUT2D eigenvalue weighted by molar-refractivity contribution is 7.88. The number of anilines is 1. The molecule has 1 saturated heterocycles. The van der Waals surface area contributed by atoms with E-state index in [1.54, 1.807) is 0 Å². The second-order valence-corrected chi connectivity index (χ2v) is 10.9. The van der Waals surface area contributed by atoms with E-state index in [1.165, 1.54) is 4.31 Å². The molecule has 2 aliphatic heterocycles. The van der Waals surface area contributed by atoms with E-state index in [0.717, 1.165) is 16.8 Å². The van der Waals surface area contributed by atoms with Gasteiger partial charge < -0.3 is 4.74 Å². The van der Waals surface area contributed by atoms with Gasteiger partial charge in [0.25, 0.3) is 0 Å². The van der Waals surface area contributed by atoms with E-state index < -0.39 is 10.0 Å². The van der Waals surface area contributed by atoms with Gasteiger partial charge in [-0.3, -0.25) is 14.6 Å². The molecule has 0 bridgehead atoms. The number of rotatable bonds is 6. The minimum Gasteiger partial charge on any atom is -0.489 e. The fourth-order valence-electron chi connectivity index (χ4n) is 4.73. The van der Waals surface area contributed by atoms with Gasteiger partial charge in [0.2, 0.25) is 15.9 Å². The second kappa shape index (κ2) is 10.2. The molecule has 3 aromatic rings. The zero-order valence-electron chi connectivity index (χ0n) is 19.5. The molecule has 1 unspecified atom stereocenters. The van der Waals surface area contributed by atoms with Crippen LogP contribution in [0.3, 0.4) is 0 Å². The van der Waals surface area contributed by atoms with Gasteiger partial charge in [-0.1, -0.05) is 72.8 Å². The minimum atomic E-state index is -3.40. The molecule has 2 aliphatic rings. The molecule has 0 spiro atoms. The Morgan fingerprint density at radius 1 is 0.829 bits per heavy atom. The number of piperazine rings is 1.